The maximum Gasteiger partial charge on any atom is 0.323 e. The summed E-state index contributed by atoms with van der Waals surface area (Å²) in [5.74, 6) is -0.597. The zero-order chi connectivity index (χ0) is 12.8. The smallest absolute Gasteiger partial charge is 0.323 e. The Morgan fingerprint density at radius 2 is 2.18 bits per heavy atom. The summed E-state index contributed by atoms with van der Waals surface area (Å²) in [5.41, 5.74) is 0.342. The second-order valence-corrected chi connectivity index (χ2v) is 3.45. The number of amides is 2. The number of carbonyl (C=O) groups excluding carboxylic acids is 1. The number of carboxylic acids is 1. The Balaban J connectivity index is 2.67. The first-order chi connectivity index (χ1) is 8.02. The number of rotatable bonds is 4. The van der Waals surface area contributed by atoms with Crippen LogP contribution in [-0.4, -0.2) is 30.8 Å². The lowest BCUT2D eigenvalue weighted by Crippen LogP contribution is -2.33. The fourth-order valence-electron chi connectivity index (χ4n) is 1.05. The molecular formula is C10H11ClN2O4. The van der Waals surface area contributed by atoms with Gasteiger partial charge in [0, 0.05) is 6.07 Å². The fourth-order valence-corrected chi connectivity index (χ4v) is 1.21. The summed E-state index contributed by atoms with van der Waals surface area (Å²) >= 11 is 5.85. The van der Waals surface area contributed by atoms with Crippen molar-refractivity contribution in [1.82, 2.24) is 5.32 Å². The van der Waals surface area contributed by atoms with Gasteiger partial charge in [0.1, 0.15) is 12.3 Å². The Hall–Kier alpha value is -1.95. The molecule has 1 aromatic rings. The molecule has 3 N–H and O–H groups in total. The van der Waals surface area contributed by atoms with Crippen LogP contribution in [0.15, 0.2) is 18.2 Å². The van der Waals surface area contributed by atoms with E-state index < -0.39 is 18.5 Å². The summed E-state index contributed by atoms with van der Waals surface area (Å²) in [4.78, 5) is 21.5. The molecule has 7 heteroatoms. The van der Waals surface area contributed by atoms with Gasteiger partial charge in [0.2, 0.25) is 0 Å². The Bertz CT molecular complexity index is 436. The third-order valence-corrected chi connectivity index (χ3v) is 2.15. The maximum atomic E-state index is 11.3. The van der Waals surface area contributed by atoms with E-state index >= 15 is 0 Å². The molecule has 0 aromatic heterocycles. The second kappa shape index (κ2) is 5.95. The highest BCUT2D eigenvalue weighted by molar-refractivity contribution is 6.33. The highest BCUT2D eigenvalue weighted by Crippen LogP contribution is 2.26. The highest BCUT2D eigenvalue weighted by atomic mass is 35.5. The van der Waals surface area contributed by atoms with Crippen LogP contribution in [0.2, 0.25) is 5.02 Å². The number of nitrogens with one attached hydrogen (secondary N) is 2. The van der Waals surface area contributed by atoms with E-state index in [1.807, 2.05) is 0 Å². The van der Waals surface area contributed by atoms with Crippen molar-refractivity contribution in [3.63, 3.8) is 0 Å². The van der Waals surface area contributed by atoms with Crippen LogP contribution in [0.4, 0.5) is 10.5 Å². The monoisotopic (exact) mass is 258 g/mol. The lowest BCUT2D eigenvalue weighted by atomic mass is 10.3. The van der Waals surface area contributed by atoms with Crippen LogP contribution in [0.3, 0.4) is 0 Å². The minimum absolute atomic E-state index is 0.330. The van der Waals surface area contributed by atoms with Gasteiger partial charge in [-0.15, -0.1) is 0 Å². The number of methoxy groups -OCH3 is 1. The number of benzene rings is 1. The van der Waals surface area contributed by atoms with Gasteiger partial charge in [0.25, 0.3) is 0 Å². The molecule has 1 rings (SSSR count). The lowest BCUT2D eigenvalue weighted by Gasteiger charge is -2.09. The molecule has 0 radical (unpaired) electrons. The van der Waals surface area contributed by atoms with Crippen LogP contribution in [0.1, 0.15) is 0 Å². The molecule has 1 aromatic carbocycles. The van der Waals surface area contributed by atoms with Crippen molar-refractivity contribution in [1.29, 1.82) is 0 Å². The third-order valence-electron chi connectivity index (χ3n) is 1.82. The number of aliphatic carboxylic acids is 1. The van der Waals surface area contributed by atoms with Crippen molar-refractivity contribution in [3.05, 3.63) is 23.2 Å². The molecule has 0 bridgehead atoms. The van der Waals surface area contributed by atoms with Crippen LogP contribution in [-0.2, 0) is 4.79 Å². The maximum absolute atomic E-state index is 11.3. The number of hydrogen-bond acceptors (Lipinski definition) is 3. The van der Waals surface area contributed by atoms with Crippen LogP contribution < -0.4 is 15.4 Å². The summed E-state index contributed by atoms with van der Waals surface area (Å²) < 4.78 is 4.97. The lowest BCUT2D eigenvalue weighted by molar-refractivity contribution is -0.135. The second-order valence-electron chi connectivity index (χ2n) is 3.05. The predicted molar refractivity (Wildman–Crippen MR) is 62.7 cm³/mol. The normalized spacial score (nSPS) is 9.53. The number of halogens is 1. The minimum Gasteiger partial charge on any atom is -0.497 e. The molecule has 0 atom stereocenters. The number of carboxylic acid groups (broad SMARTS) is 1. The van der Waals surface area contributed by atoms with E-state index in [1.54, 1.807) is 12.1 Å². The molecule has 0 saturated heterocycles. The number of carbonyl (C=O) groups is 2. The third kappa shape index (κ3) is 4.20. The Morgan fingerprint density at radius 1 is 1.47 bits per heavy atom. The average molecular weight is 259 g/mol. The van der Waals surface area contributed by atoms with Gasteiger partial charge in [-0.25, -0.2) is 4.79 Å². The Kier molecular flexibility index (Phi) is 4.59. The van der Waals surface area contributed by atoms with E-state index in [2.05, 4.69) is 10.6 Å². The van der Waals surface area contributed by atoms with Crippen molar-refractivity contribution in [2.45, 2.75) is 0 Å². The molecule has 0 aliphatic rings. The Morgan fingerprint density at radius 3 is 2.76 bits per heavy atom. The molecule has 17 heavy (non-hydrogen) atoms. The SMILES string of the molecule is COc1ccc(Cl)c(NC(=O)NCC(=O)O)c1. The van der Waals surface area contributed by atoms with Gasteiger partial charge < -0.3 is 20.5 Å². The predicted octanol–water partition coefficient (Wildman–Crippen LogP) is 1.55. The zero-order valence-electron chi connectivity index (χ0n) is 8.99. The fraction of sp³-hybridized carbons (Fsp3) is 0.200. The first-order valence-corrected chi connectivity index (χ1v) is 5.01. The van der Waals surface area contributed by atoms with Gasteiger partial charge >= 0.3 is 12.0 Å². The van der Waals surface area contributed by atoms with Gasteiger partial charge in [-0.05, 0) is 12.1 Å². The molecular weight excluding hydrogens is 248 g/mol. The zero-order valence-corrected chi connectivity index (χ0v) is 9.75. The molecule has 0 aliphatic heterocycles. The molecule has 0 heterocycles. The van der Waals surface area contributed by atoms with Gasteiger partial charge in [-0.1, -0.05) is 11.6 Å². The first-order valence-electron chi connectivity index (χ1n) is 4.63. The van der Waals surface area contributed by atoms with Crippen LogP contribution >= 0.6 is 11.6 Å². The summed E-state index contributed by atoms with van der Waals surface area (Å²) in [6, 6.07) is 4.08. The molecule has 2 amide bonds. The van der Waals surface area contributed by atoms with Crippen molar-refractivity contribution in [3.8, 4) is 5.75 Å². The van der Waals surface area contributed by atoms with Gasteiger partial charge in [0.05, 0.1) is 17.8 Å². The van der Waals surface area contributed by atoms with Gasteiger partial charge in [-0.2, -0.15) is 0 Å². The molecule has 0 unspecified atom stereocenters. The van der Waals surface area contributed by atoms with Crippen LogP contribution in [0.25, 0.3) is 0 Å². The summed E-state index contributed by atoms with van der Waals surface area (Å²) in [6.45, 7) is -0.465. The van der Waals surface area contributed by atoms with Crippen molar-refractivity contribution in [2.24, 2.45) is 0 Å². The molecule has 6 nitrogen and oxygen atoms in total. The quantitative estimate of drug-likeness (QED) is 0.765. The topological polar surface area (TPSA) is 87.7 Å². The van der Waals surface area contributed by atoms with Crippen LogP contribution in [0.5, 0.6) is 5.75 Å². The standard InChI is InChI=1S/C10H11ClN2O4/c1-17-6-2-3-7(11)8(4-6)13-10(16)12-5-9(14)15/h2-4H,5H2,1H3,(H,14,15)(H2,12,13,16). The minimum atomic E-state index is -1.13. The summed E-state index contributed by atoms with van der Waals surface area (Å²) in [7, 11) is 1.48. The molecule has 0 spiro atoms. The van der Waals surface area contributed by atoms with Crippen molar-refractivity contribution in [2.75, 3.05) is 19.0 Å². The number of urea groups is 1. The van der Waals surface area contributed by atoms with E-state index in [-0.39, 0.29) is 0 Å². The van der Waals surface area contributed by atoms with Crippen LogP contribution in [0, 0.1) is 0 Å². The number of ether oxygens (including phenoxy) is 1. The van der Waals surface area contributed by atoms with Gasteiger partial charge in [0.15, 0.2) is 0 Å². The van der Waals surface area contributed by atoms with Crippen molar-refractivity contribution < 1.29 is 19.4 Å². The summed E-state index contributed by atoms with van der Waals surface area (Å²) in [6.07, 6.45) is 0. The molecule has 0 saturated carbocycles. The van der Waals surface area contributed by atoms with E-state index in [0.717, 1.165) is 0 Å². The van der Waals surface area contributed by atoms with E-state index in [9.17, 15) is 9.59 Å². The number of hydrogen-bond donors (Lipinski definition) is 3. The van der Waals surface area contributed by atoms with E-state index in [0.29, 0.717) is 16.5 Å². The average Bonchev–Trinajstić information content (AvgIpc) is 2.29. The highest BCUT2D eigenvalue weighted by Gasteiger charge is 2.07. The molecule has 0 aliphatic carbocycles. The summed E-state index contributed by atoms with van der Waals surface area (Å²) in [5, 5.41) is 13.3. The Labute approximate surface area is 103 Å². The first kappa shape index (κ1) is 13.1. The largest absolute Gasteiger partial charge is 0.497 e. The van der Waals surface area contributed by atoms with E-state index in [4.69, 9.17) is 21.4 Å². The van der Waals surface area contributed by atoms with Gasteiger partial charge in [-0.3, -0.25) is 4.79 Å². The van der Waals surface area contributed by atoms with Crippen molar-refractivity contribution >= 4 is 29.3 Å². The van der Waals surface area contributed by atoms with E-state index in [1.165, 1.54) is 13.2 Å². The molecule has 92 valence electrons. The molecule has 0 fully saturated rings. The number of anilines is 1.